The second kappa shape index (κ2) is 16.2. The molecule has 0 radical (unpaired) electrons. The monoisotopic (exact) mass is 510 g/mol. The molecule has 0 fully saturated rings. The van der Waals surface area contributed by atoms with Gasteiger partial charge in [0.05, 0.1) is 21.7 Å². The maximum absolute atomic E-state index is 13.6. The van der Waals surface area contributed by atoms with Crippen molar-refractivity contribution in [2.24, 2.45) is 0 Å². The Morgan fingerprint density at radius 1 is 0.912 bits per heavy atom. The van der Waals surface area contributed by atoms with Crippen LogP contribution < -0.4 is 0 Å². The Morgan fingerprint density at radius 2 is 1.47 bits per heavy atom. The van der Waals surface area contributed by atoms with E-state index in [0.29, 0.717) is 10.6 Å². The molecule has 0 atom stereocenters. The van der Waals surface area contributed by atoms with E-state index in [1.807, 2.05) is 5.38 Å². The number of thiophene rings is 1. The van der Waals surface area contributed by atoms with Crippen LogP contribution in [0.15, 0.2) is 28.6 Å². The van der Waals surface area contributed by atoms with Crippen LogP contribution in [0.5, 0.6) is 0 Å². The van der Waals surface area contributed by atoms with E-state index in [9.17, 15) is 18.4 Å². The highest BCUT2D eigenvalue weighted by atomic mass is 32.2. The third kappa shape index (κ3) is 10.4. The molecule has 0 aliphatic rings. The lowest BCUT2D eigenvalue weighted by Gasteiger charge is -2.13. The van der Waals surface area contributed by atoms with Crippen molar-refractivity contribution in [3.05, 3.63) is 34.7 Å². The molecular weight excluding hydrogens is 473 g/mol. The summed E-state index contributed by atoms with van der Waals surface area (Å²) in [5.74, 6) is 0.672. The molecule has 0 aromatic carbocycles. The maximum atomic E-state index is 13.6. The average Bonchev–Trinajstić information content (AvgIpc) is 3.35. The Morgan fingerprint density at radius 3 is 1.94 bits per heavy atom. The van der Waals surface area contributed by atoms with Crippen LogP contribution in [0.4, 0.5) is 13.2 Å². The minimum atomic E-state index is -4.58. The van der Waals surface area contributed by atoms with Crippen molar-refractivity contribution in [2.45, 2.75) is 108 Å². The van der Waals surface area contributed by atoms with E-state index in [0.717, 1.165) is 25.3 Å². The van der Waals surface area contributed by atoms with Gasteiger partial charge in [-0.1, -0.05) is 96.5 Å². The molecule has 0 spiro atoms. The molecule has 0 saturated carbocycles. The van der Waals surface area contributed by atoms with Crippen molar-refractivity contribution >= 4 is 23.1 Å². The molecule has 34 heavy (non-hydrogen) atoms. The summed E-state index contributed by atoms with van der Waals surface area (Å²) in [5, 5.41) is 11.4. The lowest BCUT2D eigenvalue weighted by atomic mass is 10.0. The van der Waals surface area contributed by atoms with Gasteiger partial charge in [0.1, 0.15) is 11.1 Å². The van der Waals surface area contributed by atoms with E-state index in [1.54, 1.807) is 18.2 Å². The SMILES string of the molecule is CCCCCCCCCCCCCCCCSc1nc(-c2cccs2)cc(C(F)(F)F)c1C#N. The highest BCUT2D eigenvalue weighted by Gasteiger charge is 2.36. The van der Waals surface area contributed by atoms with Crippen LogP contribution in [-0.4, -0.2) is 10.7 Å². The number of pyridine rings is 1. The highest BCUT2D eigenvalue weighted by molar-refractivity contribution is 7.99. The molecule has 0 aliphatic heterocycles. The summed E-state index contributed by atoms with van der Waals surface area (Å²) < 4.78 is 40.7. The number of hydrogen-bond acceptors (Lipinski definition) is 4. The van der Waals surface area contributed by atoms with Gasteiger partial charge in [0, 0.05) is 0 Å². The first-order valence-corrected chi connectivity index (χ1v) is 14.5. The number of rotatable bonds is 17. The summed E-state index contributed by atoms with van der Waals surface area (Å²) in [7, 11) is 0. The van der Waals surface area contributed by atoms with Gasteiger partial charge in [-0.05, 0) is 29.7 Å². The first-order chi connectivity index (χ1) is 16.5. The quantitative estimate of drug-likeness (QED) is 0.157. The summed E-state index contributed by atoms with van der Waals surface area (Å²) >= 11 is 2.61. The standard InChI is InChI=1S/C27H37F3N2S2/c1-2-3-4-5-6-7-8-9-10-11-12-13-14-15-18-34-26-22(21-31)23(27(28,29)30)20-24(32-26)25-17-16-19-33-25/h16-17,19-20H,2-15,18H2,1H3. The number of alkyl halides is 3. The fourth-order valence-electron chi connectivity index (χ4n) is 3.97. The van der Waals surface area contributed by atoms with E-state index in [-0.39, 0.29) is 16.3 Å². The van der Waals surface area contributed by atoms with Crippen molar-refractivity contribution in [2.75, 3.05) is 5.75 Å². The Hall–Kier alpha value is -1.52. The minimum Gasteiger partial charge on any atom is -0.239 e. The largest absolute Gasteiger partial charge is 0.417 e. The molecule has 2 nitrogen and oxygen atoms in total. The molecule has 188 valence electrons. The van der Waals surface area contributed by atoms with Gasteiger partial charge in [0.2, 0.25) is 0 Å². The lowest BCUT2D eigenvalue weighted by molar-refractivity contribution is -0.138. The second-order valence-electron chi connectivity index (χ2n) is 8.77. The molecule has 7 heteroatoms. The van der Waals surface area contributed by atoms with E-state index in [1.165, 1.54) is 93.7 Å². The topological polar surface area (TPSA) is 36.7 Å². The number of aromatic nitrogens is 1. The van der Waals surface area contributed by atoms with Crippen LogP contribution in [0.3, 0.4) is 0 Å². The predicted octanol–water partition coefficient (Wildman–Crippen LogP) is 10.3. The van der Waals surface area contributed by atoms with Crippen LogP contribution in [0.25, 0.3) is 10.6 Å². The van der Waals surface area contributed by atoms with Crippen molar-refractivity contribution in [3.8, 4) is 16.6 Å². The Bertz CT molecular complexity index is 858. The summed E-state index contributed by atoms with van der Waals surface area (Å²) in [6, 6.07) is 6.28. The smallest absolute Gasteiger partial charge is 0.239 e. The van der Waals surface area contributed by atoms with Gasteiger partial charge < -0.3 is 0 Å². The van der Waals surface area contributed by atoms with Crippen LogP contribution in [0.1, 0.15) is 108 Å². The summed E-state index contributed by atoms with van der Waals surface area (Å²) in [5.41, 5.74) is -0.968. The molecular formula is C27H37F3N2S2. The number of thioether (sulfide) groups is 1. The molecule has 0 bridgehead atoms. The molecule has 0 unspecified atom stereocenters. The molecule has 2 heterocycles. The van der Waals surface area contributed by atoms with Crippen molar-refractivity contribution in [1.29, 1.82) is 5.26 Å². The second-order valence-corrected chi connectivity index (χ2v) is 10.8. The zero-order chi connectivity index (χ0) is 24.7. The average molecular weight is 511 g/mol. The van der Waals surface area contributed by atoms with Crippen molar-refractivity contribution in [1.82, 2.24) is 4.98 Å². The zero-order valence-electron chi connectivity index (χ0n) is 20.3. The predicted molar refractivity (Wildman–Crippen MR) is 138 cm³/mol. The van der Waals surface area contributed by atoms with Gasteiger partial charge >= 0.3 is 6.18 Å². The number of hydrogen-bond donors (Lipinski definition) is 0. The van der Waals surface area contributed by atoms with Gasteiger partial charge in [-0.2, -0.15) is 18.4 Å². The van der Waals surface area contributed by atoms with E-state index < -0.39 is 11.7 Å². The Balaban J connectivity index is 1.69. The molecule has 2 rings (SSSR count). The third-order valence-electron chi connectivity index (χ3n) is 5.91. The summed E-state index contributed by atoms with van der Waals surface area (Å²) in [6.07, 6.45) is 13.2. The molecule has 2 aromatic heterocycles. The number of unbranched alkanes of at least 4 members (excludes halogenated alkanes) is 13. The normalized spacial score (nSPS) is 11.6. The first-order valence-electron chi connectivity index (χ1n) is 12.7. The third-order valence-corrected chi connectivity index (χ3v) is 7.87. The summed E-state index contributed by atoms with van der Waals surface area (Å²) in [4.78, 5) is 5.09. The zero-order valence-corrected chi connectivity index (χ0v) is 21.9. The maximum Gasteiger partial charge on any atom is 0.417 e. The Kier molecular flexibility index (Phi) is 13.7. The van der Waals surface area contributed by atoms with Gasteiger partial charge in [-0.15, -0.1) is 23.1 Å². The van der Waals surface area contributed by atoms with Crippen LogP contribution in [0, 0.1) is 11.3 Å². The minimum absolute atomic E-state index is 0.190. The summed E-state index contributed by atoms with van der Waals surface area (Å²) in [6.45, 7) is 2.25. The highest BCUT2D eigenvalue weighted by Crippen LogP contribution is 2.38. The van der Waals surface area contributed by atoms with Gasteiger partial charge in [-0.3, -0.25) is 0 Å². The van der Waals surface area contributed by atoms with Gasteiger partial charge in [0.25, 0.3) is 0 Å². The van der Waals surface area contributed by atoms with Crippen molar-refractivity contribution in [3.63, 3.8) is 0 Å². The van der Waals surface area contributed by atoms with Crippen LogP contribution in [0.2, 0.25) is 0 Å². The fraction of sp³-hybridized carbons (Fsp3) is 0.630. The van der Waals surface area contributed by atoms with E-state index >= 15 is 0 Å². The Labute approximate surface area is 211 Å². The molecule has 0 saturated heterocycles. The molecule has 0 amide bonds. The molecule has 0 N–H and O–H groups in total. The number of nitriles is 1. The number of nitrogens with zero attached hydrogens (tertiary/aromatic N) is 2. The lowest BCUT2D eigenvalue weighted by Crippen LogP contribution is -2.10. The number of halogens is 3. The van der Waals surface area contributed by atoms with Crippen molar-refractivity contribution < 1.29 is 13.2 Å². The van der Waals surface area contributed by atoms with Gasteiger partial charge in [-0.25, -0.2) is 4.98 Å². The fourth-order valence-corrected chi connectivity index (χ4v) is 5.66. The van der Waals surface area contributed by atoms with Crippen LogP contribution >= 0.6 is 23.1 Å². The molecule has 0 aliphatic carbocycles. The van der Waals surface area contributed by atoms with E-state index in [2.05, 4.69) is 11.9 Å². The molecule has 2 aromatic rings. The van der Waals surface area contributed by atoms with Crippen LogP contribution in [-0.2, 0) is 6.18 Å². The van der Waals surface area contributed by atoms with Gasteiger partial charge in [0.15, 0.2) is 0 Å². The van der Waals surface area contributed by atoms with E-state index in [4.69, 9.17) is 0 Å². The first kappa shape index (κ1) is 28.7.